The molecule has 18 heavy (non-hydrogen) atoms. The lowest BCUT2D eigenvalue weighted by Crippen LogP contribution is -2.40. The number of rotatable bonds is 4. The van der Waals surface area contributed by atoms with Crippen LogP contribution in [0.2, 0.25) is 0 Å². The smallest absolute Gasteiger partial charge is 0.252 e. The molecule has 0 bridgehead atoms. The van der Waals surface area contributed by atoms with Gasteiger partial charge in [-0.05, 0) is 29.7 Å². The zero-order valence-corrected chi connectivity index (χ0v) is 12.4. The first-order chi connectivity index (χ1) is 8.44. The molecule has 0 aliphatic carbocycles. The molecule has 1 aromatic heterocycles. The van der Waals surface area contributed by atoms with Crippen molar-refractivity contribution in [3.05, 3.63) is 17.5 Å². The van der Waals surface area contributed by atoms with Crippen molar-refractivity contribution in [2.45, 2.75) is 24.0 Å². The predicted octanol–water partition coefficient (Wildman–Crippen LogP) is 2.19. The van der Waals surface area contributed by atoms with E-state index >= 15 is 0 Å². The molecule has 0 atom stereocenters. The Hall–Kier alpha value is -0.430. The minimum atomic E-state index is -3.32. The van der Waals surface area contributed by atoms with Gasteiger partial charge in [0.2, 0.25) is 0 Å². The number of sulfonamides is 1. The van der Waals surface area contributed by atoms with Crippen LogP contribution in [0.15, 0.2) is 21.7 Å². The molecule has 4 nitrogen and oxygen atoms in total. The highest BCUT2D eigenvalue weighted by atomic mass is 32.2. The SMILES string of the molecule is CN(CC1(C)CCOCC1)S(=O)(=O)c1cccs1. The van der Waals surface area contributed by atoms with Gasteiger partial charge in [0, 0.05) is 26.8 Å². The van der Waals surface area contributed by atoms with E-state index in [2.05, 4.69) is 6.92 Å². The molecule has 0 aromatic carbocycles. The van der Waals surface area contributed by atoms with Gasteiger partial charge in [0.15, 0.2) is 0 Å². The van der Waals surface area contributed by atoms with Crippen LogP contribution < -0.4 is 0 Å². The highest BCUT2D eigenvalue weighted by Gasteiger charge is 2.33. The Bertz CT molecular complexity index is 475. The quantitative estimate of drug-likeness (QED) is 0.853. The third kappa shape index (κ3) is 2.93. The lowest BCUT2D eigenvalue weighted by molar-refractivity contribution is 0.0175. The number of hydrogen-bond donors (Lipinski definition) is 0. The van der Waals surface area contributed by atoms with Crippen molar-refractivity contribution in [1.29, 1.82) is 0 Å². The fourth-order valence-corrected chi connectivity index (χ4v) is 4.73. The van der Waals surface area contributed by atoms with Crippen molar-refractivity contribution < 1.29 is 13.2 Å². The number of thiophene rings is 1. The summed E-state index contributed by atoms with van der Waals surface area (Å²) in [5.41, 5.74) is 0.0251. The lowest BCUT2D eigenvalue weighted by Gasteiger charge is -2.36. The molecule has 0 amide bonds. The van der Waals surface area contributed by atoms with E-state index in [-0.39, 0.29) is 5.41 Å². The Morgan fingerprint density at radius 2 is 2.11 bits per heavy atom. The maximum absolute atomic E-state index is 12.3. The summed E-state index contributed by atoms with van der Waals surface area (Å²) in [7, 11) is -1.66. The van der Waals surface area contributed by atoms with E-state index in [1.807, 2.05) is 0 Å². The van der Waals surface area contributed by atoms with Crippen LogP contribution in [-0.2, 0) is 14.8 Å². The average Bonchev–Trinajstić information content (AvgIpc) is 2.83. The molecule has 0 N–H and O–H groups in total. The Kier molecular flexibility index (Phi) is 4.11. The zero-order chi connectivity index (χ0) is 13.2. The molecule has 6 heteroatoms. The van der Waals surface area contributed by atoms with Gasteiger partial charge >= 0.3 is 0 Å². The zero-order valence-electron chi connectivity index (χ0n) is 10.8. The Morgan fingerprint density at radius 1 is 1.44 bits per heavy atom. The van der Waals surface area contributed by atoms with Crippen LogP contribution in [0.5, 0.6) is 0 Å². The fraction of sp³-hybridized carbons (Fsp3) is 0.667. The van der Waals surface area contributed by atoms with Gasteiger partial charge in [-0.1, -0.05) is 13.0 Å². The molecule has 1 saturated heterocycles. The minimum absolute atomic E-state index is 0.0251. The fourth-order valence-electron chi connectivity index (χ4n) is 2.21. The van der Waals surface area contributed by atoms with Crippen LogP contribution in [-0.4, -0.2) is 39.5 Å². The van der Waals surface area contributed by atoms with Crippen LogP contribution in [0.3, 0.4) is 0 Å². The summed E-state index contributed by atoms with van der Waals surface area (Å²) >= 11 is 1.26. The third-order valence-corrected chi connectivity index (χ3v) is 6.64. The normalized spacial score (nSPS) is 20.2. The number of hydrogen-bond acceptors (Lipinski definition) is 4. The predicted molar refractivity (Wildman–Crippen MR) is 72.3 cm³/mol. The van der Waals surface area contributed by atoms with Gasteiger partial charge in [-0.15, -0.1) is 11.3 Å². The van der Waals surface area contributed by atoms with E-state index in [4.69, 9.17) is 4.74 Å². The van der Waals surface area contributed by atoms with Crippen LogP contribution in [0.1, 0.15) is 19.8 Å². The summed E-state index contributed by atoms with van der Waals surface area (Å²) in [6.45, 7) is 4.14. The van der Waals surface area contributed by atoms with Gasteiger partial charge in [-0.25, -0.2) is 8.42 Å². The topological polar surface area (TPSA) is 46.6 Å². The molecule has 0 radical (unpaired) electrons. The Labute approximate surface area is 113 Å². The molecule has 1 aliphatic heterocycles. The van der Waals surface area contributed by atoms with Crippen molar-refractivity contribution in [1.82, 2.24) is 4.31 Å². The molecular weight excluding hydrogens is 270 g/mol. The Balaban J connectivity index is 2.10. The van der Waals surface area contributed by atoms with Crippen LogP contribution >= 0.6 is 11.3 Å². The van der Waals surface area contributed by atoms with E-state index < -0.39 is 10.0 Å². The highest BCUT2D eigenvalue weighted by Crippen LogP contribution is 2.32. The second kappa shape index (κ2) is 5.28. The van der Waals surface area contributed by atoms with Crippen LogP contribution in [0, 0.1) is 5.41 Å². The van der Waals surface area contributed by atoms with E-state index in [1.165, 1.54) is 15.6 Å². The van der Waals surface area contributed by atoms with E-state index in [1.54, 1.807) is 24.6 Å². The largest absolute Gasteiger partial charge is 0.381 e. The first-order valence-electron chi connectivity index (χ1n) is 6.02. The van der Waals surface area contributed by atoms with Gasteiger partial charge < -0.3 is 4.74 Å². The molecule has 102 valence electrons. The molecule has 1 fully saturated rings. The molecular formula is C12H19NO3S2. The summed E-state index contributed by atoms with van der Waals surface area (Å²) in [5.74, 6) is 0. The maximum Gasteiger partial charge on any atom is 0.252 e. The molecule has 2 rings (SSSR count). The lowest BCUT2D eigenvalue weighted by atomic mass is 9.82. The van der Waals surface area contributed by atoms with Crippen molar-refractivity contribution in [3.63, 3.8) is 0 Å². The van der Waals surface area contributed by atoms with Gasteiger partial charge in [0.05, 0.1) is 0 Å². The highest BCUT2D eigenvalue weighted by molar-refractivity contribution is 7.91. The molecule has 0 saturated carbocycles. The number of nitrogens with zero attached hydrogens (tertiary/aromatic N) is 1. The summed E-state index contributed by atoms with van der Waals surface area (Å²) in [6, 6.07) is 3.42. The first-order valence-corrected chi connectivity index (χ1v) is 8.34. The van der Waals surface area contributed by atoms with Gasteiger partial charge in [-0.3, -0.25) is 0 Å². The summed E-state index contributed by atoms with van der Waals surface area (Å²) < 4.78 is 31.9. The summed E-state index contributed by atoms with van der Waals surface area (Å²) in [6.07, 6.45) is 1.83. The molecule has 0 spiro atoms. The van der Waals surface area contributed by atoms with Crippen molar-refractivity contribution in [3.8, 4) is 0 Å². The monoisotopic (exact) mass is 289 g/mol. The Morgan fingerprint density at radius 3 is 2.67 bits per heavy atom. The maximum atomic E-state index is 12.3. The minimum Gasteiger partial charge on any atom is -0.381 e. The molecule has 0 unspecified atom stereocenters. The van der Waals surface area contributed by atoms with Crippen molar-refractivity contribution in [2.75, 3.05) is 26.8 Å². The van der Waals surface area contributed by atoms with Crippen LogP contribution in [0.25, 0.3) is 0 Å². The van der Waals surface area contributed by atoms with E-state index in [9.17, 15) is 8.42 Å². The van der Waals surface area contributed by atoms with Gasteiger partial charge in [-0.2, -0.15) is 4.31 Å². The van der Waals surface area contributed by atoms with E-state index in [0.29, 0.717) is 10.8 Å². The second-order valence-electron chi connectivity index (χ2n) is 5.12. The second-order valence-corrected chi connectivity index (χ2v) is 8.34. The van der Waals surface area contributed by atoms with Crippen molar-refractivity contribution >= 4 is 21.4 Å². The standard InChI is InChI=1S/C12H19NO3S2/c1-12(5-7-16-8-6-12)10-13(2)18(14,15)11-4-3-9-17-11/h3-4,9H,5-8,10H2,1-2H3. The number of ether oxygens (including phenoxy) is 1. The van der Waals surface area contributed by atoms with Crippen LogP contribution in [0.4, 0.5) is 0 Å². The molecule has 1 aromatic rings. The van der Waals surface area contributed by atoms with E-state index in [0.717, 1.165) is 26.1 Å². The van der Waals surface area contributed by atoms with Crippen molar-refractivity contribution in [2.24, 2.45) is 5.41 Å². The molecule has 2 heterocycles. The summed E-state index contributed by atoms with van der Waals surface area (Å²) in [5, 5.41) is 1.79. The van der Waals surface area contributed by atoms with Gasteiger partial charge in [0.25, 0.3) is 10.0 Å². The van der Waals surface area contributed by atoms with Gasteiger partial charge in [0.1, 0.15) is 4.21 Å². The third-order valence-electron chi connectivity index (χ3n) is 3.46. The molecule has 1 aliphatic rings. The first kappa shape index (κ1) is 14.0. The average molecular weight is 289 g/mol. The summed E-state index contributed by atoms with van der Waals surface area (Å²) in [4.78, 5) is 0.